The molecule has 3 aromatic rings. The van der Waals surface area contributed by atoms with Crippen LogP contribution < -0.4 is 4.74 Å². The lowest BCUT2D eigenvalue weighted by molar-refractivity contribution is -0.0198. The first-order valence-electron chi connectivity index (χ1n) is 8.22. The minimum Gasteiger partial charge on any atom is -0.488 e. The molecule has 4 rings (SSSR count). The first kappa shape index (κ1) is 15.7. The van der Waals surface area contributed by atoms with E-state index in [-0.39, 0.29) is 18.6 Å². The van der Waals surface area contributed by atoms with E-state index >= 15 is 0 Å². The summed E-state index contributed by atoms with van der Waals surface area (Å²) in [5, 5.41) is 11.4. The maximum Gasteiger partial charge on any atom is 0.257 e. The topological polar surface area (TPSA) is 75.8 Å². The molecule has 1 N–H and O–H groups in total. The third-order valence-electron chi connectivity index (χ3n) is 4.44. The minimum absolute atomic E-state index is 0.138. The lowest BCUT2D eigenvalue weighted by atomic mass is 10.0. The fourth-order valence-corrected chi connectivity index (χ4v) is 3.10. The van der Waals surface area contributed by atoms with Gasteiger partial charge in [-0.1, -0.05) is 6.07 Å². The Bertz CT molecular complexity index is 878. The van der Waals surface area contributed by atoms with Gasteiger partial charge in [0.1, 0.15) is 24.2 Å². The van der Waals surface area contributed by atoms with Crippen molar-refractivity contribution < 1.29 is 19.1 Å². The fourth-order valence-electron chi connectivity index (χ4n) is 3.10. The summed E-state index contributed by atoms with van der Waals surface area (Å²) in [7, 11) is 0. The number of hydrogen-bond acceptors (Lipinski definition) is 5. The van der Waals surface area contributed by atoms with Gasteiger partial charge in [0.25, 0.3) is 5.91 Å². The molecule has 6 heteroatoms. The van der Waals surface area contributed by atoms with Crippen LogP contribution in [0, 0.1) is 0 Å². The SMILES string of the molecule is O=C(c1ccoc1)N1CC[C@@H](Oc2ccc3cccnc3c2)[C@H](O)C1. The Balaban J connectivity index is 1.43. The highest BCUT2D eigenvalue weighted by molar-refractivity contribution is 5.93. The van der Waals surface area contributed by atoms with E-state index in [4.69, 9.17) is 9.15 Å². The molecule has 2 atom stereocenters. The van der Waals surface area contributed by atoms with Crippen LogP contribution in [0.2, 0.25) is 0 Å². The number of carbonyl (C=O) groups is 1. The Hall–Kier alpha value is -2.86. The van der Waals surface area contributed by atoms with Gasteiger partial charge in [-0.3, -0.25) is 9.78 Å². The molecule has 3 heterocycles. The summed E-state index contributed by atoms with van der Waals surface area (Å²) >= 11 is 0. The first-order chi connectivity index (χ1) is 12.2. The van der Waals surface area contributed by atoms with Crippen molar-refractivity contribution in [2.24, 2.45) is 0 Å². The van der Waals surface area contributed by atoms with Crippen LogP contribution in [0.5, 0.6) is 5.75 Å². The van der Waals surface area contributed by atoms with Crippen molar-refractivity contribution in [3.63, 3.8) is 0 Å². The standard InChI is InChI=1S/C19H18N2O4/c22-17-11-21(19(23)14-6-9-24-12-14)8-5-18(17)25-15-4-3-13-2-1-7-20-16(13)10-15/h1-4,6-7,9-10,12,17-18,22H,5,8,11H2/t17-,18-/m1/s1. The number of aromatic nitrogens is 1. The maximum atomic E-state index is 12.3. The van der Waals surface area contributed by atoms with Gasteiger partial charge in [-0.05, 0) is 24.3 Å². The molecule has 25 heavy (non-hydrogen) atoms. The molecule has 1 fully saturated rings. The molecule has 0 unspecified atom stereocenters. The molecule has 1 aromatic carbocycles. The van der Waals surface area contributed by atoms with E-state index < -0.39 is 6.10 Å². The molecule has 0 aliphatic carbocycles. The zero-order valence-corrected chi connectivity index (χ0v) is 13.5. The van der Waals surface area contributed by atoms with Crippen LogP contribution in [0.25, 0.3) is 10.9 Å². The maximum absolute atomic E-state index is 12.3. The number of amides is 1. The summed E-state index contributed by atoms with van der Waals surface area (Å²) in [5.74, 6) is 0.533. The number of piperidine rings is 1. The van der Waals surface area contributed by atoms with Gasteiger partial charge in [-0.2, -0.15) is 0 Å². The van der Waals surface area contributed by atoms with E-state index in [1.807, 2.05) is 30.3 Å². The van der Waals surface area contributed by atoms with Gasteiger partial charge in [0.2, 0.25) is 0 Å². The summed E-state index contributed by atoms with van der Waals surface area (Å²) in [6.07, 6.45) is 4.08. The molecular weight excluding hydrogens is 320 g/mol. The molecule has 0 saturated carbocycles. The number of hydrogen-bond donors (Lipinski definition) is 1. The van der Waals surface area contributed by atoms with E-state index in [1.165, 1.54) is 12.5 Å². The quantitative estimate of drug-likeness (QED) is 0.794. The van der Waals surface area contributed by atoms with Gasteiger partial charge in [0.15, 0.2) is 0 Å². The molecule has 0 radical (unpaired) electrons. The number of carbonyl (C=O) groups excluding carboxylic acids is 1. The van der Waals surface area contributed by atoms with Crippen molar-refractivity contribution in [1.82, 2.24) is 9.88 Å². The molecule has 2 aromatic heterocycles. The van der Waals surface area contributed by atoms with Crippen molar-refractivity contribution in [3.8, 4) is 5.75 Å². The summed E-state index contributed by atoms with van der Waals surface area (Å²) in [4.78, 5) is 18.3. The van der Waals surface area contributed by atoms with Gasteiger partial charge < -0.3 is 19.2 Å². The number of aliphatic hydroxyl groups excluding tert-OH is 1. The zero-order chi connectivity index (χ0) is 17.2. The summed E-state index contributed by atoms with van der Waals surface area (Å²) < 4.78 is 10.9. The number of aliphatic hydroxyl groups is 1. The van der Waals surface area contributed by atoms with Crippen LogP contribution in [-0.2, 0) is 0 Å². The van der Waals surface area contributed by atoms with Crippen molar-refractivity contribution in [3.05, 3.63) is 60.7 Å². The number of β-amino-alcohol motifs (C(OH)–C–C–N with tert-alkyl or cyclic N) is 1. The molecule has 0 bridgehead atoms. The van der Waals surface area contributed by atoms with E-state index in [0.29, 0.717) is 24.3 Å². The number of nitrogens with zero attached hydrogens (tertiary/aromatic N) is 2. The second kappa shape index (κ2) is 6.57. The number of pyridine rings is 1. The predicted octanol–water partition coefficient (Wildman–Crippen LogP) is 2.48. The Kier molecular flexibility index (Phi) is 4.11. The number of ether oxygens (including phenoxy) is 1. The third-order valence-corrected chi connectivity index (χ3v) is 4.44. The number of benzene rings is 1. The zero-order valence-electron chi connectivity index (χ0n) is 13.5. The van der Waals surface area contributed by atoms with Crippen LogP contribution >= 0.6 is 0 Å². The van der Waals surface area contributed by atoms with Crippen LogP contribution in [0.3, 0.4) is 0 Å². The van der Waals surface area contributed by atoms with E-state index in [1.54, 1.807) is 17.2 Å². The third kappa shape index (κ3) is 3.21. The lowest BCUT2D eigenvalue weighted by Gasteiger charge is -2.35. The molecule has 128 valence electrons. The summed E-state index contributed by atoms with van der Waals surface area (Å²) in [6, 6.07) is 11.2. The van der Waals surface area contributed by atoms with Crippen molar-refractivity contribution in [2.45, 2.75) is 18.6 Å². The molecule has 0 spiro atoms. The van der Waals surface area contributed by atoms with Crippen molar-refractivity contribution in [2.75, 3.05) is 13.1 Å². The van der Waals surface area contributed by atoms with Crippen LogP contribution in [0.4, 0.5) is 0 Å². The Morgan fingerprint density at radius 2 is 2.24 bits per heavy atom. The molecule has 6 nitrogen and oxygen atoms in total. The highest BCUT2D eigenvalue weighted by Gasteiger charge is 2.32. The minimum atomic E-state index is -0.746. The first-order valence-corrected chi connectivity index (χ1v) is 8.22. The normalized spacial score (nSPS) is 20.6. The molecule has 1 amide bonds. The number of furan rings is 1. The monoisotopic (exact) mass is 338 g/mol. The van der Waals surface area contributed by atoms with E-state index in [0.717, 1.165) is 10.9 Å². The predicted molar refractivity (Wildman–Crippen MR) is 91.4 cm³/mol. The second-order valence-electron chi connectivity index (χ2n) is 6.13. The van der Waals surface area contributed by atoms with E-state index in [2.05, 4.69) is 4.98 Å². The second-order valence-corrected chi connectivity index (χ2v) is 6.13. The molecule has 1 aliphatic rings. The lowest BCUT2D eigenvalue weighted by Crippen LogP contribution is -2.50. The summed E-state index contributed by atoms with van der Waals surface area (Å²) in [6.45, 7) is 0.762. The van der Waals surface area contributed by atoms with Gasteiger partial charge >= 0.3 is 0 Å². The largest absolute Gasteiger partial charge is 0.488 e. The average Bonchev–Trinajstić information content (AvgIpc) is 3.17. The average molecular weight is 338 g/mol. The van der Waals surface area contributed by atoms with Crippen LogP contribution in [0.1, 0.15) is 16.8 Å². The highest BCUT2D eigenvalue weighted by Crippen LogP contribution is 2.23. The van der Waals surface area contributed by atoms with Crippen molar-refractivity contribution >= 4 is 16.8 Å². The fraction of sp³-hybridized carbons (Fsp3) is 0.263. The van der Waals surface area contributed by atoms with Crippen molar-refractivity contribution in [1.29, 1.82) is 0 Å². The Labute approximate surface area is 144 Å². The number of likely N-dealkylation sites (tertiary alicyclic amines) is 1. The smallest absolute Gasteiger partial charge is 0.257 e. The van der Waals surface area contributed by atoms with Gasteiger partial charge in [-0.25, -0.2) is 0 Å². The number of fused-ring (bicyclic) bond motifs is 1. The molecular formula is C19H18N2O4. The summed E-state index contributed by atoms with van der Waals surface area (Å²) in [5.41, 5.74) is 1.34. The molecule has 1 saturated heterocycles. The van der Waals surface area contributed by atoms with Gasteiger partial charge in [0.05, 0.1) is 23.9 Å². The Morgan fingerprint density at radius 3 is 3.04 bits per heavy atom. The number of rotatable bonds is 3. The van der Waals surface area contributed by atoms with E-state index in [9.17, 15) is 9.90 Å². The van der Waals surface area contributed by atoms with Crippen LogP contribution in [0.15, 0.2) is 59.5 Å². The molecule has 1 aliphatic heterocycles. The Morgan fingerprint density at radius 1 is 1.32 bits per heavy atom. The van der Waals surface area contributed by atoms with Gasteiger partial charge in [0, 0.05) is 30.6 Å². The highest BCUT2D eigenvalue weighted by atomic mass is 16.5. The van der Waals surface area contributed by atoms with Crippen LogP contribution in [-0.4, -0.2) is 46.2 Å². The van der Waals surface area contributed by atoms with Gasteiger partial charge in [-0.15, -0.1) is 0 Å².